The Morgan fingerprint density at radius 2 is 1.79 bits per heavy atom. The van der Waals surface area contributed by atoms with E-state index in [1.807, 2.05) is 0 Å². The fraction of sp³-hybridized carbons (Fsp3) is 0.933. The molecule has 3 atom stereocenters. The van der Waals surface area contributed by atoms with Crippen LogP contribution in [0.4, 0.5) is 0 Å². The number of carboxylic acid groups (broad SMARTS) is 1. The van der Waals surface area contributed by atoms with Crippen LogP contribution < -0.4 is 0 Å². The lowest BCUT2D eigenvalue weighted by Gasteiger charge is -2.42. The summed E-state index contributed by atoms with van der Waals surface area (Å²) in [5.41, 5.74) is 0. The minimum Gasteiger partial charge on any atom is -0.481 e. The molecule has 0 radical (unpaired) electrons. The lowest BCUT2D eigenvalue weighted by atomic mass is 9.87. The van der Waals surface area contributed by atoms with Gasteiger partial charge in [-0.05, 0) is 70.1 Å². The highest BCUT2D eigenvalue weighted by Crippen LogP contribution is 2.33. The molecule has 3 unspecified atom stereocenters. The number of hydrogen-bond donors (Lipinski definition) is 1. The van der Waals surface area contributed by atoms with Gasteiger partial charge < -0.3 is 10.0 Å². The third kappa shape index (κ3) is 3.11. The van der Waals surface area contributed by atoms with Crippen molar-refractivity contribution in [3.63, 3.8) is 0 Å². The molecule has 0 aromatic rings. The van der Waals surface area contributed by atoms with Crippen LogP contribution in [0.15, 0.2) is 0 Å². The smallest absolute Gasteiger partial charge is 0.303 e. The summed E-state index contributed by atoms with van der Waals surface area (Å²) in [6.45, 7) is 6.33. The minimum absolute atomic E-state index is 0.353. The van der Waals surface area contributed by atoms with Gasteiger partial charge in [-0.2, -0.15) is 0 Å². The monoisotopic (exact) mass is 266 g/mol. The number of carboxylic acids is 1. The molecule has 0 aliphatic carbocycles. The second-order valence-corrected chi connectivity index (χ2v) is 6.62. The Hall–Kier alpha value is -0.610. The van der Waals surface area contributed by atoms with Crippen LogP contribution in [0.3, 0.4) is 0 Å². The minimum atomic E-state index is -0.638. The van der Waals surface area contributed by atoms with Crippen molar-refractivity contribution >= 4 is 5.97 Å². The molecule has 0 aromatic heterocycles. The van der Waals surface area contributed by atoms with Gasteiger partial charge >= 0.3 is 5.97 Å². The molecular formula is C15H26N2O2. The van der Waals surface area contributed by atoms with Gasteiger partial charge in [0.2, 0.25) is 0 Å². The molecule has 3 saturated heterocycles. The first-order chi connectivity index (χ1) is 9.22. The fourth-order valence-electron chi connectivity index (χ4n) is 4.31. The summed E-state index contributed by atoms with van der Waals surface area (Å²) in [6.07, 6.45) is 6.39. The SMILES string of the molecule is O=C(O)CCC1CCN(C2CCN3CCC2C3)CC1. The summed E-state index contributed by atoms with van der Waals surface area (Å²) in [5, 5.41) is 8.76. The second-order valence-electron chi connectivity index (χ2n) is 6.62. The maximum Gasteiger partial charge on any atom is 0.303 e. The molecule has 0 amide bonds. The van der Waals surface area contributed by atoms with Crippen molar-refractivity contribution in [2.24, 2.45) is 11.8 Å². The largest absolute Gasteiger partial charge is 0.481 e. The molecule has 3 aliphatic rings. The number of carbonyl (C=O) groups is 1. The van der Waals surface area contributed by atoms with Crippen LogP contribution in [0.1, 0.15) is 38.5 Å². The van der Waals surface area contributed by atoms with Gasteiger partial charge in [-0.15, -0.1) is 0 Å². The molecule has 2 bridgehead atoms. The Morgan fingerprint density at radius 3 is 2.53 bits per heavy atom. The third-order valence-corrected chi connectivity index (χ3v) is 5.48. The van der Waals surface area contributed by atoms with Crippen LogP contribution in [-0.2, 0) is 4.79 Å². The molecule has 3 heterocycles. The molecule has 3 rings (SSSR count). The normalized spacial score (nSPS) is 36.5. The highest BCUT2D eigenvalue weighted by atomic mass is 16.4. The van der Waals surface area contributed by atoms with Crippen molar-refractivity contribution in [2.75, 3.05) is 32.7 Å². The second kappa shape index (κ2) is 5.80. The predicted octanol–water partition coefficient (Wildman–Crippen LogP) is 1.66. The van der Waals surface area contributed by atoms with Gasteiger partial charge in [-0.25, -0.2) is 0 Å². The first-order valence-electron chi connectivity index (χ1n) is 7.90. The predicted molar refractivity (Wildman–Crippen MR) is 74.1 cm³/mol. The van der Waals surface area contributed by atoms with E-state index in [2.05, 4.69) is 9.80 Å². The van der Waals surface area contributed by atoms with Crippen LogP contribution in [0.5, 0.6) is 0 Å². The van der Waals surface area contributed by atoms with Gasteiger partial charge in [0.1, 0.15) is 0 Å². The molecule has 1 N–H and O–H groups in total. The van der Waals surface area contributed by atoms with E-state index in [1.54, 1.807) is 0 Å². The lowest BCUT2D eigenvalue weighted by molar-refractivity contribution is -0.137. The maximum absolute atomic E-state index is 10.6. The van der Waals surface area contributed by atoms with Crippen LogP contribution in [0, 0.1) is 11.8 Å². The van der Waals surface area contributed by atoms with Crippen molar-refractivity contribution in [2.45, 2.75) is 44.6 Å². The van der Waals surface area contributed by atoms with Crippen molar-refractivity contribution in [1.29, 1.82) is 0 Å². The number of aliphatic carboxylic acids is 1. The van der Waals surface area contributed by atoms with Crippen LogP contribution in [0.25, 0.3) is 0 Å². The first kappa shape index (κ1) is 13.4. The fourth-order valence-corrected chi connectivity index (χ4v) is 4.31. The average molecular weight is 266 g/mol. The van der Waals surface area contributed by atoms with E-state index in [-0.39, 0.29) is 0 Å². The van der Waals surface area contributed by atoms with E-state index in [4.69, 9.17) is 5.11 Å². The van der Waals surface area contributed by atoms with Crippen molar-refractivity contribution in [3.8, 4) is 0 Å². The molecule has 3 fully saturated rings. The lowest BCUT2D eigenvalue weighted by Crippen LogP contribution is -2.49. The molecule has 3 aliphatic heterocycles. The number of rotatable bonds is 4. The Morgan fingerprint density at radius 1 is 1.05 bits per heavy atom. The Labute approximate surface area is 115 Å². The first-order valence-corrected chi connectivity index (χ1v) is 7.90. The van der Waals surface area contributed by atoms with E-state index in [0.29, 0.717) is 12.3 Å². The molecule has 108 valence electrons. The van der Waals surface area contributed by atoms with E-state index in [9.17, 15) is 4.79 Å². The van der Waals surface area contributed by atoms with Gasteiger partial charge in [-0.1, -0.05) is 0 Å². The zero-order valence-corrected chi connectivity index (χ0v) is 11.8. The van der Waals surface area contributed by atoms with E-state index in [0.717, 1.165) is 18.4 Å². The van der Waals surface area contributed by atoms with E-state index < -0.39 is 5.97 Å². The highest BCUT2D eigenvalue weighted by Gasteiger charge is 2.38. The molecule has 4 nitrogen and oxygen atoms in total. The molecule has 0 saturated carbocycles. The molecule has 0 aromatic carbocycles. The standard InChI is InChI=1S/C15H26N2O2/c18-15(19)2-1-12-3-9-17(10-4-12)14-6-8-16-7-5-13(14)11-16/h12-14H,1-11H2,(H,18,19). The quantitative estimate of drug-likeness (QED) is 0.840. The van der Waals surface area contributed by atoms with Gasteiger partial charge in [0.05, 0.1) is 0 Å². The van der Waals surface area contributed by atoms with E-state index in [1.165, 1.54) is 58.4 Å². The molecular weight excluding hydrogens is 240 g/mol. The molecule has 19 heavy (non-hydrogen) atoms. The number of likely N-dealkylation sites (tertiary alicyclic amines) is 1. The summed E-state index contributed by atoms with van der Waals surface area (Å²) in [6, 6.07) is 0.819. The van der Waals surface area contributed by atoms with E-state index >= 15 is 0 Å². The van der Waals surface area contributed by atoms with Gasteiger partial charge in [0, 0.05) is 19.0 Å². The topological polar surface area (TPSA) is 43.8 Å². The zero-order valence-electron chi connectivity index (χ0n) is 11.8. The van der Waals surface area contributed by atoms with Crippen LogP contribution >= 0.6 is 0 Å². The van der Waals surface area contributed by atoms with Crippen LogP contribution in [0.2, 0.25) is 0 Å². The molecule has 4 heteroatoms. The number of hydrogen-bond acceptors (Lipinski definition) is 3. The highest BCUT2D eigenvalue weighted by molar-refractivity contribution is 5.66. The molecule has 0 spiro atoms. The van der Waals surface area contributed by atoms with Crippen molar-refractivity contribution in [1.82, 2.24) is 9.80 Å². The Bertz CT molecular complexity index is 326. The van der Waals surface area contributed by atoms with Crippen molar-refractivity contribution < 1.29 is 9.90 Å². The third-order valence-electron chi connectivity index (χ3n) is 5.48. The summed E-state index contributed by atoms with van der Waals surface area (Å²) in [4.78, 5) is 15.9. The number of nitrogens with zero attached hydrogens (tertiary/aromatic N) is 2. The summed E-state index contributed by atoms with van der Waals surface area (Å²) in [7, 11) is 0. The summed E-state index contributed by atoms with van der Waals surface area (Å²) >= 11 is 0. The summed E-state index contributed by atoms with van der Waals surface area (Å²) in [5.74, 6) is 0.918. The number of piperidine rings is 2. The Balaban J connectivity index is 1.46. The van der Waals surface area contributed by atoms with Gasteiger partial charge in [0.25, 0.3) is 0 Å². The van der Waals surface area contributed by atoms with Gasteiger partial charge in [-0.3, -0.25) is 9.69 Å². The number of fused-ring (bicyclic) bond motifs is 2. The van der Waals surface area contributed by atoms with Gasteiger partial charge in [0.15, 0.2) is 0 Å². The summed E-state index contributed by atoms with van der Waals surface area (Å²) < 4.78 is 0. The zero-order chi connectivity index (χ0) is 13.2. The Kier molecular flexibility index (Phi) is 4.08. The van der Waals surface area contributed by atoms with Crippen LogP contribution in [-0.4, -0.2) is 59.6 Å². The average Bonchev–Trinajstić information content (AvgIpc) is 2.79. The maximum atomic E-state index is 10.6. The van der Waals surface area contributed by atoms with Crippen molar-refractivity contribution in [3.05, 3.63) is 0 Å².